The molecule has 1 aliphatic rings. The molecular formula is C51H34N4S. The summed E-state index contributed by atoms with van der Waals surface area (Å²) in [5, 5.41) is 8.76. The Morgan fingerprint density at radius 3 is 1.98 bits per heavy atom. The zero-order valence-electron chi connectivity index (χ0n) is 30.3. The third-order valence-electron chi connectivity index (χ3n) is 10.8. The maximum Gasteiger partial charge on any atom is 0.159 e. The molecule has 0 saturated carbocycles. The highest BCUT2D eigenvalue weighted by atomic mass is 32.1. The second-order valence-electron chi connectivity index (χ2n) is 14.2. The molecule has 56 heavy (non-hydrogen) atoms. The van der Waals surface area contributed by atoms with Crippen LogP contribution in [0.25, 0.3) is 69.9 Å². The summed E-state index contributed by atoms with van der Waals surface area (Å²) in [6, 6.07) is 69.3. The van der Waals surface area contributed by atoms with Crippen LogP contribution in [-0.2, 0) is 0 Å². The third-order valence-corrected chi connectivity index (χ3v) is 12.1. The number of hydrogen-bond acceptors (Lipinski definition) is 4. The molecule has 264 valence electrons. The van der Waals surface area contributed by atoms with Crippen LogP contribution < -0.4 is 5.32 Å². The van der Waals surface area contributed by atoms with Crippen molar-refractivity contribution >= 4 is 65.0 Å². The number of fused-ring (bicyclic) bond motifs is 6. The first-order valence-electron chi connectivity index (χ1n) is 18.9. The molecule has 0 fully saturated rings. The molecule has 4 nitrogen and oxygen atoms in total. The number of nitrogens with zero attached hydrogens (tertiary/aromatic N) is 3. The standard InChI is InChI=1S/C51H34N4S/c1-3-14-33(15-4-1)49-52-50(34-16-5-2-6-17-34)54-51(53-49)38-20-11-18-35(30-38)36-19-12-21-39(31-36)55-45-26-9-7-22-41(45)44-32-37(28-29-46(44)55)40-24-13-25-43-42-23-8-10-27-47(42)56-48(40)43/h1-32,51H,(H,52,53,54). The Kier molecular flexibility index (Phi) is 7.71. The van der Waals surface area contributed by atoms with E-state index in [1.807, 2.05) is 47.7 Å². The fourth-order valence-corrected chi connectivity index (χ4v) is 9.42. The van der Waals surface area contributed by atoms with E-state index in [1.165, 1.54) is 53.1 Å². The predicted octanol–water partition coefficient (Wildman–Crippen LogP) is 13.0. The van der Waals surface area contributed by atoms with Gasteiger partial charge in [-0.3, -0.25) is 0 Å². The molecule has 3 heterocycles. The van der Waals surface area contributed by atoms with Gasteiger partial charge in [0.25, 0.3) is 0 Å². The highest BCUT2D eigenvalue weighted by molar-refractivity contribution is 7.26. The SMILES string of the molecule is c1ccc(C2=NC(c3cccc(-c4cccc(-n5c6ccccc6c6cc(-c7cccc8c7sc7ccccc78)ccc65)c4)c3)NC(c3ccccc3)=N2)cc1. The van der Waals surface area contributed by atoms with Crippen LogP contribution in [0.2, 0.25) is 0 Å². The van der Waals surface area contributed by atoms with E-state index in [0.717, 1.165) is 45.2 Å². The van der Waals surface area contributed by atoms with Gasteiger partial charge in [-0.25, -0.2) is 9.98 Å². The van der Waals surface area contributed by atoms with E-state index in [2.05, 4.69) is 168 Å². The Bertz CT molecular complexity index is 3170. The average Bonchev–Trinajstić information content (AvgIpc) is 3.83. The minimum atomic E-state index is -0.300. The number of amidine groups is 2. The molecule has 0 aliphatic carbocycles. The largest absolute Gasteiger partial charge is 0.344 e. The number of nitrogens with one attached hydrogen (secondary N) is 1. The summed E-state index contributed by atoms with van der Waals surface area (Å²) in [7, 11) is 0. The van der Waals surface area contributed by atoms with Crippen LogP contribution in [0, 0.1) is 0 Å². The minimum Gasteiger partial charge on any atom is -0.344 e. The van der Waals surface area contributed by atoms with E-state index < -0.39 is 0 Å². The second kappa shape index (κ2) is 13.3. The molecule has 0 radical (unpaired) electrons. The van der Waals surface area contributed by atoms with Crippen molar-refractivity contribution in [2.45, 2.75) is 6.17 Å². The lowest BCUT2D eigenvalue weighted by atomic mass is 10.0. The van der Waals surface area contributed by atoms with Crippen molar-refractivity contribution in [1.82, 2.24) is 9.88 Å². The lowest BCUT2D eigenvalue weighted by molar-refractivity contribution is 0.674. The Labute approximate surface area is 328 Å². The molecule has 11 rings (SSSR count). The molecular weight excluding hydrogens is 701 g/mol. The van der Waals surface area contributed by atoms with Gasteiger partial charge in [-0.05, 0) is 70.3 Å². The van der Waals surface area contributed by atoms with Crippen LogP contribution in [0.1, 0.15) is 22.9 Å². The van der Waals surface area contributed by atoms with Crippen LogP contribution in [0.5, 0.6) is 0 Å². The fourth-order valence-electron chi connectivity index (χ4n) is 8.19. The summed E-state index contributed by atoms with van der Waals surface area (Å²) >= 11 is 1.88. The van der Waals surface area contributed by atoms with Gasteiger partial charge >= 0.3 is 0 Å². The van der Waals surface area contributed by atoms with Gasteiger partial charge in [0.1, 0.15) is 12.0 Å². The summed E-state index contributed by atoms with van der Waals surface area (Å²) in [6.45, 7) is 0. The summed E-state index contributed by atoms with van der Waals surface area (Å²) in [6.07, 6.45) is -0.300. The summed E-state index contributed by atoms with van der Waals surface area (Å²) < 4.78 is 5.06. The van der Waals surface area contributed by atoms with Gasteiger partial charge < -0.3 is 9.88 Å². The summed E-state index contributed by atoms with van der Waals surface area (Å²) in [5.74, 6) is 1.53. The first-order valence-corrected chi connectivity index (χ1v) is 19.8. The molecule has 10 aromatic rings. The zero-order chi connectivity index (χ0) is 37.0. The highest BCUT2D eigenvalue weighted by Gasteiger charge is 2.22. The Hall–Kier alpha value is -7.08. The Balaban J connectivity index is 0.989. The van der Waals surface area contributed by atoms with E-state index in [4.69, 9.17) is 9.98 Å². The smallest absolute Gasteiger partial charge is 0.159 e. The van der Waals surface area contributed by atoms with E-state index >= 15 is 0 Å². The number of aromatic nitrogens is 1. The monoisotopic (exact) mass is 734 g/mol. The van der Waals surface area contributed by atoms with Crippen LogP contribution in [0.4, 0.5) is 0 Å². The number of aliphatic imine (C=N–C) groups is 2. The Morgan fingerprint density at radius 2 is 1.12 bits per heavy atom. The predicted molar refractivity (Wildman–Crippen MR) is 236 cm³/mol. The van der Waals surface area contributed by atoms with Gasteiger partial charge in [0.15, 0.2) is 5.84 Å². The molecule has 0 bridgehead atoms. The maximum atomic E-state index is 5.13. The number of para-hydroxylation sites is 1. The van der Waals surface area contributed by atoms with Gasteiger partial charge in [0, 0.05) is 47.8 Å². The van der Waals surface area contributed by atoms with Gasteiger partial charge in [0.2, 0.25) is 0 Å². The molecule has 1 atom stereocenters. The lowest BCUT2D eigenvalue weighted by Crippen LogP contribution is -2.33. The first-order chi connectivity index (χ1) is 27.7. The molecule has 1 unspecified atom stereocenters. The van der Waals surface area contributed by atoms with Crippen LogP contribution in [0.15, 0.2) is 204 Å². The van der Waals surface area contributed by atoms with Crippen LogP contribution in [0.3, 0.4) is 0 Å². The Morgan fingerprint density at radius 1 is 0.464 bits per heavy atom. The quantitative estimate of drug-likeness (QED) is 0.182. The normalized spacial score (nSPS) is 14.2. The molecule has 0 spiro atoms. The first kappa shape index (κ1) is 32.4. The van der Waals surface area contributed by atoms with Gasteiger partial charge in [0.05, 0.1) is 11.0 Å². The van der Waals surface area contributed by atoms with Crippen molar-refractivity contribution in [2.75, 3.05) is 0 Å². The van der Waals surface area contributed by atoms with Crippen LogP contribution in [-0.4, -0.2) is 16.2 Å². The number of thiophene rings is 1. The lowest BCUT2D eigenvalue weighted by Gasteiger charge is -2.24. The van der Waals surface area contributed by atoms with Gasteiger partial charge in [-0.15, -0.1) is 11.3 Å². The van der Waals surface area contributed by atoms with E-state index in [0.29, 0.717) is 0 Å². The topological polar surface area (TPSA) is 41.7 Å². The third kappa shape index (κ3) is 5.52. The minimum absolute atomic E-state index is 0.300. The van der Waals surface area contributed by atoms with Crippen LogP contribution >= 0.6 is 11.3 Å². The summed E-state index contributed by atoms with van der Waals surface area (Å²) in [4.78, 5) is 10.1. The molecule has 1 aliphatic heterocycles. The van der Waals surface area contributed by atoms with Crippen molar-refractivity contribution in [1.29, 1.82) is 0 Å². The molecule has 0 amide bonds. The van der Waals surface area contributed by atoms with Crippen molar-refractivity contribution in [3.63, 3.8) is 0 Å². The number of hydrogen-bond donors (Lipinski definition) is 1. The average molecular weight is 735 g/mol. The maximum absolute atomic E-state index is 5.13. The summed E-state index contributed by atoms with van der Waals surface area (Å²) in [5.41, 5.74) is 11.4. The van der Waals surface area contributed by atoms with Crippen molar-refractivity contribution in [3.8, 4) is 27.9 Å². The molecule has 0 saturated heterocycles. The van der Waals surface area contributed by atoms with E-state index in [9.17, 15) is 0 Å². The van der Waals surface area contributed by atoms with Crippen molar-refractivity contribution in [3.05, 3.63) is 211 Å². The van der Waals surface area contributed by atoms with E-state index in [-0.39, 0.29) is 6.17 Å². The zero-order valence-corrected chi connectivity index (χ0v) is 31.1. The number of benzene rings is 8. The van der Waals surface area contributed by atoms with Crippen molar-refractivity contribution in [2.24, 2.45) is 9.98 Å². The molecule has 1 N–H and O–H groups in total. The van der Waals surface area contributed by atoms with Gasteiger partial charge in [-0.2, -0.15) is 0 Å². The fraction of sp³-hybridized carbons (Fsp3) is 0.0196. The number of rotatable bonds is 6. The second-order valence-corrected chi connectivity index (χ2v) is 15.3. The van der Waals surface area contributed by atoms with E-state index in [1.54, 1.807) is 0 Å². The van der Waals surface area contributed by atoms with Crippen molar-refractivity contribution < 1.29 is 0 Å². The molecule has 2 aromatic heterocycles. The molecule has 5 heteroatoms. The highest BCUT2D eigenvalue weighted by Crippen LogP contribution is 2.42. The van der Waals surface area contributed by atoms with Gasteiger partial charge in [-0.1, -0.05) is 152 Å². The molecule has 8 aromatic carbocycles.